The van der Waals surface area contributed by atoms with E-state index in [-0.39, 0.29) is 35.1 Å². The summed E-state index contributed by atoms with van der Waals surface area (Å²) in [6, 6.07) is 0. The van der Waals surface area contributed by atoms with Crippen molar-refractivity contribution in [3.8, 4) is 0 Å². The average molecular weight is 456 g/mol. The molecule has 0 bridgehead atoms. The van der Waals surface area contributed by atoms with Crippen LogP contribution in [0.3, 0.4) is 0 Å². The van der Waals surface area contributed by atoms with Gasteiger partial charge in [0.25, 0.3) is 17.9 Å². The van der Waals surface area contributed by atoms with E-state index in [1.54, 1.807) is 0 Å². The molecule has 0 spiro atoms. The standard InChI is InChI=1S/3C7H11O3.Al/c3*1-3-4-5-7(9)10-6(2)8;/h3*2-5H2,1H3;. The monoisotopic (exact) mass is 456 g/mol. The van der Waals surface area contributed by atoms with Crippen molar-refractivity contribution in [3.63, 3.8) is 0 Å². The van der Waals surface area contributed by atoms with Crippen molar-refractivity contribution in [1.29, 1.82) is 0 Å². The maximum absolute atomic E-state index is 12.1. The lowest BCUT2D eigenvalue weighted by molar-refractivity contribution is -0.159. The lowest BCUT2D eigenvalue weighted by atomic mass is 10.2. The Labute approximate surface area is 187 Å². The topological polar surface area (TPSA) is 130 Å². The van der Waals surface area contributed by atoms with E-state index in [9.17, 15) is 28.8 Å². The number of ether oxygens (including phenoxy) is 3. The van der Waals surface area contributed by atoms with E-state index in [0.717, 1.165) is 19.3 Å². The molecule has 31 heavy (non-hydrogen) atoms. The molecule has 0 rings (SSSR count). The third-order valence-corrected chi connectivity index (χ3v) is 6.98. The Balaban J connectivity index is 4.90. The molecule has 0 amide bonds. The highest BCUT2D eigenvalue weighted by atomic mass is 27.2. The van der Waals surface area contributed by atoms with Crippen molar-refractivity contribution < 1.29 is 43.0 Å². The van der Waals surface area contributed by atoms with Crippen LogP contribution in [-0.2, 0) is 43.0 Å². The summed E-state index contributed by atoms with van der Waals surface area (Å²) in [6.07, 6.45) is 4.29. The number of hydrogen-bond donors (Lipinski definition) is 0. The summed E-state index contributed by atoms with van der Waals surface area (Å²) >= 11 is -2.55. The van der Waals surface area contributed by atoms with Gasteiger partial charge in [-0.2, -0.15) is 0 Å². The normalized spacial score (nSPS) is 10.2. The Morgan fingerprint density at radius 3 is 0.968 bits per heavy atom. The van der Waals surface area contributed by atoms with Crippen LogP contribution in [0.25, 0.3) is 0 Å². The fourth-order valence-electron chi connectivity index (χ4n) is 2.55. The Kier molecular flexibility index (Phi) is 16.5. The SMILES string of the molecule is CCCCC(=O)OC(=O)[CH2][Al]([CH2]C(=O)OC(=O)CCCC)[CH2]C(=O)OC(=O)CCCC. The van der Waals surface area contributed by atoms with Gasteiger partial charge in [-0.1, -0.05) is 40.0 Å². The van der Waals surface area contributed by atoms with E-state index in [2.05, 4.69) is 0 Å². The predicted octanol–water partition coefficient (Wildman–Crippen LogP) is 3.26. The third-order valence-electron chi connectivity index (χ3n) is 4.25. The Bertz CT molecular complexity index is 545. The molecular formula is C21H33AlO9. The van der Waals surface area contributed by atoms with Crippen LogP contribution in [0.15, 0.2) is 0 Å². The lowest BCUT2D eigenvalue weighted by Gasteiger charge is -2.10. The highest BCUT2D eigenvalue weighted by molar-refractivity contribution is 6.68. The lowest BCUT2D eigenvalue weighted by Crippen LogP contribution is -2.29. The fourth-order valence-corrected chi connectivity index (χ4v) is 4.64. The molecule has 0 aliphatic carbocycles. The Morgan fingerprint density at radius 2 is 0.742 bits per heavy atom. The van der Waals surface area contributed by atoms with Crippen LogP contribution in [0.2, 0.25) is 15.8 Å². The first-order valence-corrected chi connectivity index (χ1v) is 13.4. The zero-order chi connectivity index (χ0) is 23.6. The summed E-state index contributed by atoms with van der Waals surface area (Å²) in [5.41, 5.74) is 0. The number of carbonyl (C=O) groups excluding carboxylic acids is 6. The van der Waals surface area contributed by atoms with E-state index < -0.39 is 50.0 Å². The molecule has 0 saturated heterocycles. The summed E-state index contributed by atoms with van der Waals surface area (Å²) in [7, 11) is 0. The van der Waals surface area contributed by atoms with Crippen molar-refractivity contribution in [2.24, 2.45) is 0 Å². The van der Waals surface area contributed by atoms with Crippen LogP contribution in [0.4, 0.5) is 0 Å². The fraction of sp³-hybridized carbons (Fsp3) is 0.714. The Hall–Kier alpha value is -2.05. The van der Waals surface area contributed by atoms with Crippen LogP contribution < -0.4 is 0 Å². The molecule has 0 aliphatic heterocycles. The molecular weight excluding hydrogens is 423 g/mol. The second-order valence-electron chi connectivity index (χ2n) is 7.33. The minimum Gasteiger partial charge on any atom is -0.394 e. The quantitative estimate of drug-likeness (QED) is 0.158. The maximum atomic E-state index is 12.1. The van der Waals surface area contributed by atoms with Gasteiger partial charge >= 0.3 is 32.1 Å². The largest absolute Gasteiger partial charge is 0.394 e. The molecule has 0 radical (unpaired) electrons. The van der Waals surface area contributed by atoms with Gasteiger partial charge in [0, 0.05) is 35.1 Å². The molecule has 0 aliphatic rings. The van der Waals surface area contributed by atoms with Gasteiger partial charge in [0.1, 0.15) is 0 Å². The highest BCUT2D eigenvalue weighted by Gasteiger charge is 2.31. The van der Waals surface area contributed by atoms with Crippen LogP contribution in [0.1, 0.15) is 78.6 Å². The number of hydrogen-bond acceptors (Lipinski definition) is 9. The van der Waals surface area contributed by atoms with Gasteiger partial charge < -0.3 is 14.2 Å². The first kappa shape index (κ1) is 29.0. The average Bonchev–Trinajstić information content (AvgIpc) is 2.68. The van der Waals surface area contributed by atoms with E-state index in [4.69, 9.17) is 14.2 Å². The van der Waals surface area contributed by atoms with E-state index in [0.29, 0.717) is 19.3 Å². The van der Waals surface area contributed by atoms with Crippen molar-refractivity contribution in [2.45, 2.75) is 94.4 Å². The van der Waals surface area contributed by atoms with Gasteiger partial charge in [0.05, 0.1) is 0 Å². The molecule has 0 heterocycles. The summed E-state index contributed by atoms with van der Waals surface area (Å²) in [5.74, 6) is -4.54. The van der Waals surface area contributed by atoms with Crippen LogP contribution >= 0.6 is 0 Å². The molecule has 0 atom stereocenters. The van der Waals surface area contributed by atoms with Crippen molar-refractivity contribution in [3.05, 3.63) is 0 Å². The molecule has 0 unspecified atom stereocenters. The van der Waals surface area contributed by atoms with Crippen LogP contribution in [-0.4, -0.2) is 50.0 Å². The molecule has 0 fully saturated rings. The summed E-state index contributed by atoms with van der Waals surface area (Å²) in [6.45, 7) is 5.66. The molecule has 174 valence electrons. The smallest absolute Gasteiger partial charge is 0.313 e. The van der Waals surface area contributed by atoms with Crippen molar-refractivity contribution in [2.75, 3.05) is 0 Å². The second kappa shape index (κ2) is 17.6. The minimum absolute atomic E-state index is 0.0937. The number of esters is 6. The van der Waals surface area contributed by atoms with Gasteiger partial charge in [-0.3, -0.25) is 28.8 Å². The van der Waals surface area contributed by atoms with Gasteiger partial charge in [0.15, 0.2) is 0 Å². The summed E-state index contributed by atoms with van der Waals surface area (Å²) < 4.78 is 14.2. The maximum Gasteiger partial charge on any atom is 0.313 e. The van der Waals surface area contributed by atoms with E-state index in [1.807, 2.05) is 20.8 Å². The Morgan fingerprint density at radius 1 is 0.484 bits per heavy atom. The number of carbonyl (C=O) groups is 6. The van der Waals surface area contributed by atoms with E-state index in [1.165, 1.54) is 0 Å². The van der Waals surface area contributed by atoms with Crippen LogP contribution in [0, 0.1) is 0 Å². The van der Waals surface area contributed by atoms with Gasteiger partial charge in [0.2, 0.25) is 0 Å². The molecule has 0 aromatic heterocycles. The molecule has 0 saturated carbocycles. The molecule has 0 aromatic rings. The minimum atomic E-state index is -2.55. The van der Waals surface area contributed by atoms with Crippen LogP contribution in [0.5, 0.6) is 0 Å². The van der Waals surface area contributed by atoms with Crippen molar-refractivity contribution in [1.82, 2.24) is 0 Å². The molecule has 10 heteroatoms. The highest BCUT2D eigenvalue weighted by Crippen LogP contribution is 2.12. The summed E-state index contributed by atoms with van der Waals surface area (Å²) in [5, 5.41) is -0.892. The van der Waals surface area contributed by atoms with E-state index >= 15 is 0 Å². The number of rotatable bonds is 15. The number of unbranched alkanes of at least 4 members (excludes halogenated alkanes) is 3. The zero-order valence-corrected chi connectivity index (χ0v) is 19.9. The second-order valence-corrected chi connectivity index (χ2v) is 10.3. The van der Waals surface area contributed by atoms with Gasteiger partial charge in [-0.15, -0.1) is 0 Å². The summed E-state index contributed by atoms with van der Waals surface area (Å²) in [4.78, 5) is 71.1. The first-order valence-electron chi connectivity index (χ1n) is 10.9. The first-order chi connectivity index (χ1) is 14.7. The zero-order valence-electron chi connectivity index (χ0n) is 18.7. The molecule has 9 nitrogen and oxygen atoms in total. The van der Waals surface area contributed by atoms with Gasteiger partial charge in [-0.25, -0.2) is 0 Å². The molecule has 0 N–H and O–H groups in total. The predicted molar refractivity (Wildman–Crippen MR) is 112 cm³/mol. The third kappa shape index (κ3) is 16.3. The van der Waals surface area contributed by atoms with Gasteiger partial charge in [-0.05, 0) is 19.3 Å². The molecule has 0 aromatic carbocycles. The van der Waals surface area contributed by atoms with Crippen molar-refractivity contribution >= 4 is 50.0 Å².